The Bertz CT molecular complexity index is 958. The maximum Gasteiger partial charge on any atom is 0.252 e. The molecule has 6 nitrogen and oxygen atoms in total. The van der Waals surface area contributed by atoms with Crippen LogP contribution in [0, 0.1) is 0 Å². The summed E-state index contributed by atoms with van der Waals surface area (Å²) in [4.78, 5) is 20.2. The highest BCUT2D eigenvalue weighted by molar-refractivity contribution is 6.07. The highest BCUT2D eigenvalue weighted by Gasteiger charge is 2.19. The first-order valence-corrected chi connectivity index (χ1v) is 9.53. The average molecular weight is 363 g/mol. The van der Waals surface area contributed by atoms with Gasteiger partial charge in [0.15, 0.2) is 0 Å². The highest BCUT2D eigenvalue weighted by Crippen LogP contribution is 2.24. The van der Waals surface area contributed by atoms with Crippen LogP contribution in [0.3, 0.4) is 0 Å². The topological polar surface area (TPSA) is 63.1 Å². The van der Waals surface area contributed by atoms with Gasteiger partial charge in [0, 0.05) is 31.2 Å². The smallest absolute Gasteiger partial charge is 0.252 e. The lowest BCUT2D eigenvalue weighted by molar-refractivity contribution is 0.0933. The molecule has 0 spiro atoms. The van der Waals surface area contributed by atoms with Crippen molar-refractivity contribution in [2.45, 2.75) is 25.8 Å². The third kappa shape index (κ3) is 3.71. The molecular weight excluding hydrogens is 338 g/mol. The van der Waals surface area contributed by atoms with Gasteiger partial charge in [0.05, 0.1) is 22.5 Å². The second-order valence-corrected chi connectivity index (χ2v) is 7.29. The standard InChI is InChI=1S/C21H25N5O/c1-15(14-26-11-5-6-12-26)23-21(27)17-13-19(20-9-10-22-25(20)2)24-18-8-4-3-7-16(17)18/h3-4,7-10,13,15H,5-6,11-12,14H2,1-2H3,(H,23,27)/t15-/m0/s1. The lowest BCUT2D eigenvalue weighted by atomic mass is 10.1. The molecule has 0 aliphatic carbocycles. The van der Waals surface area contributed by atoms with Crippen LogP contribution >= 0.6 is 0 Å². The molecule has 0 bridgehead atoms. The van der Waals surface area contributed by atoms with E-state index >= 15 is 0 Å². The van der Waals surface area contributed by atoms with E-state index in [-0.39, 0.29) is 11.9 Å². The summed E-state index contributed by atoms with van der Waals surface area (Å²) < 4.78 is 1.77. The lowest BCUT2D eigenvalue weighted by Crippen LogP contribution is -2.41. The van der Waals surface area contributed by atoms with E-state index in [9.17, 15) is 4.79 Å². The van der Waals surface area contributed by atoms with Gasteiger partial charge in [0.2, 0.25) is 0 Å². The third-order valence-electron chi connectivity index (χ3n) is 5.15. The van der Waals surface area contributed by atoms with Crippen molar-refractivity contribution in [3.05, 3.63) is 48.2 Å². The van der Waals surface area contributed by atoms with E-state index in [0.29, 0.717) is 5.56 Å². The molecule has 0 saturated carbocycles. The van der Waals surface area contributed by atoms with Crippen molar-refractivity contribution in [1.82, 2.24) is 25.0 Å². The van der Waals surface area contributed by atoms with E-state index < -0.39 is 0 Å². The van der Waals surface area contributed by atoms with E-state index in [1.165, 1.54) is 12.8 Å². The largest absolute Gasteiger partial charge is 0.348 e. The number of aromatic nitrogens is 3. The fraction of sp³-hybridized carbons (Fsp3) is 0.381. The minimum absolute atomic E-state index is 0.0521. The number of likely N-dealkylation sites (tertiary alicyclic amines) is 1. The Labute approximate surface area is 159 Å². The number of carbonyl (C=O) groups is 1. The Balaban J connectivity index is 1.65. The Kier molecular flexibility index (Phi) is 4.90. The predicted octanol–water partition coefficient (Wildman–Crippen LogP) is 2.85. The van der Waals surface area contributed by atoms with Crippen LogP contribution < -0.4 is 5.32 Å². The zero-order chi connectivity index (χ0) is 18.8. The van der Waals surface area contributed by atoms with Crippen molar-refractivity contribution in [3.63, 3.8) is 0 Å². The molecule has 3 aromatic rings. The van der Waals surface area contributed by atoms with Crippen molar-refractivity contribution in [1.29, 1.82) is 0 Å². The first kappa shape index (κ1) is 17.7. The molecule has 0 radical (unpaired) electrons. The number of nitrogens with zero attached hydrogens (tertiary/aromatic N) is 4. The summed E-state index contributed by atoms with van der Waals surface area (Å²) in [6.07, 6.45) is 4.25. The molecule has 1 aromatic carbocycles. The minimum atomic E-state index is -0.0521. The molecule has 1 amide bonds. The van der Waals surface area contributed by atoms with E-state index in [0.717, 1.165) is 41.9 Å². The van der Waals surface area contributed by atoms with Gasteiger partial charge >= 0.3 is 0 Å². The molecule has 1 saturated heterocycles. The zero-order valence-electron chi connectivity index (χ0n) is 15.9. The van der Waals surface area contributed by atoms with Crippen LogP contribution in [0.4, 0.5) is 0 Å². The molecule has 1 aliphatic rings. The number of rotatable bonds is 5. The molecule has 3 heterocycles. The summed E-state index contributed by atoms with van der Waals surface area (Å²) in [7, 11) is 1.88. The Morgan fingerprint density at radius 2 is 2.00 bits per heavy atom. The molecule has 1 fully saturated rings. The molecule has 0 unspecified atom stereocenters. The van der Waals surface area contributed by atoms with Gasteiger partial charge in [-0.15, -0.1) is 0 Å². The van der Waals surface area contributed by atoms with Gasteiger partial charge in [-0.3, -0.25) is 9.48 Å². The minimum Gasteiger partial charge on any atom is -0.348 e. The van der Waals surface area contributed by atoms with Gasteiger partial charge in [-0.2, -0.15) is 5.10 Å². The SMILES string of the molecule is C[C@@H](CN1CCCC1)NC(=O)c1cc(-c2ccnn2C)nc2ccccc12. The van der Waals surface area contributed by atoms with Gasteiger partial charge < -0.3 is 10.2 Å². The van der Waals surface area contributed by atoms with Crippen molar-refractivity contribution < 1.29 is 4.79 Å². The Morgan fingerprint density at radius 1 is 1.22 bits per heavy atom. The zero-order valence-corrected chi connectivity index (χ0v) is 15.9. The average Bonchev–Trinajstić information content (AvgIpc) is 3.32. The van der Waals surface area contributed by atoms with Gasteiger partial charge in [-0.25, -0.2) is 4.98 Å². The van der Waals surface area contributed by atoms with Crippen molar-refractivity contribution in [2.75, 3.05) is 19.6 Å². The van der Waals surface area contributed by atoms with Gasteiger partial charge in [0.1, 0.15) is 0 Å². The first-order valence-electron chi connectivity index (χ1n) is 9.53. The number of para-hydroxylation sites is 1. The summed E-state index contributed by atoms with van der Waals surface area (Å²) in [6.45, 7) is 5.22. The van der Waals surface area contributed by atoms with Gasteiger partial charge in [0.25, 0.3) is 5.91 Å². The van der Waals surface area contributed by atoms with E-state index in [4.69, 9.17) is 4.98 Å². The Hall–Kier alpha value is -2.73. The van der Waals surface area contributed by atoms with Crippen molar-refractivity contribution >= 4 is 16.8 Å². The normalized spacial score (nSPS) is 15.9. The number of nitrogens with one attached hydrogen (secondary N) is 1. The number of aryl methyl sites for hydroxylation is 1. The Morgan fingerprint density at radius 3 is 2.74 bits per heavy atom. The van der Waals surface area contributed by atoms with Gasteiger partial charge in [-0.1, -0.05) is 18.2 Å². The molecule has 1 aliphatic heterocycles. The third-order valence-corrected chi connectivity index (χ3v) is 5.15. The number of hydrogen-bond acceptors (Lipinski definition) is 4. The van der Waals surface area contributed by atoms with Crippen LogP contribution in [0.1, 0.15) is 30.1 Å². The fourth-order valence-corrected chi connectivity index (χ4v) is 3.82. The van der Waals surface area contributed by atoms with Crippen molar-refractivity contribution in [3.8, 4) is 11.4 Å². The number of fused-ring (bicyclic) bond motifs is 1. The van der Waals surface area contributed by atoms with Crippen LogP contribution in [0.15, 0.2) is 42.6 Å². The summed E-state index contributed by atoms with van der Waals surface area (Å²) in [6, 6.07) is 11.7. The monoisotopic (exact) mass is 363 g/mol. The maximum atomic E-state index is 13.1. The molecule has 6 heteroatoms. The number of amides is 1. The summed E-state index contributed by atoms with van der Waals surface area (Å²) in [5.41, 5.74) is 3.12. The van der Waals surface area contributed by atoms with E-state index in [1.807, 2.05) is 43.4 Å². The van der Waals surface area contributed by atoms with Crippen LogP contribution in [-0.2, 0) is 7.05 Å². The predicted molar refractivity (Wildman–Crippen MR) is 107 cm³/mol. The highest BCUT2D eigenvalue weighted by atomic mass is 16.1. The number of benzene rings is 1. The van der Waals surface area contributed by atoms with Gasteiger partial charge in [-0.05, 0) is 51.1 Å². The molecule has 1 atom stereocenters. The van der Waals surface area contributed by atoms with E-state index in [2.05, 4.69) is 22.2 Å². The second-order valence-electron chi connectivity index (χ2n) is 7.29. The van der Waals surface area contributed by atoms with Crippen molar-refractivity contribution in [2.24, 2.45) is 7.05 Å². The molecule has 140 valence electrons. The lowest BCUT2D eigenvalue weighted by Gasteiger charge is -2.21. The maximum absolute atomic E-state index is 13.1. The summed E-state index contributed by atoms with van der Waals surface area (Å²) in [5, 5.41) is 8.27. The number of pyridine rings is 1. The molecule has 2 aromatic heterocycles. The molecule has 4 rings (SSSR count). The number of carbonyl (C=O) groups excluding carboxylic acids is 1. The molecule has 1 N–H and O–H groups in total. The fourth-order valence-electron chi connectivity index (χ4n) is 3.82. The summed E-state index contributed by atoms with van der Waals surface area (Å²) >= 11 is 0. The number of hydrogen-bond donors (Lipinski definition) is 1. The first-order chi connectivity index (χ1) is 13.1. The van der Waals surface area contributed by atoms with Crippen LogP contribution in [0.2, 0.25) is 0 Å². The second kappa shape index (κ2) is 7.48. The van der Waals surface area contributed by atoms with E-state index in [1.54, 1.807) is 10.9 Å². The quantitative estimate of drug-likeness (QED) is 0.757. The van der Waals surface area contributed by atoms with Crippen LogP contribution in [-0.4, -0.2) is 51.2 Å². The van der Waals surface area contributed by atoms with Crippen LogP contribution in [0.25, 0.3) is 22.3 Å². The molecule has 27 heavy (non-hydrogen) atoms. The molecular formula is C21H25N5O. The van der Waals surface area contributed by atoms with Crippen LogP contribution in [0.5, 0.6) is 0 Å². The summed E-state index contributed by atoms with van der Waals surface area (Å²) in [5.74, 6) is -0.0521.